The van der Waals surface area contributed by atoms with Crippen LogP contribution in [-0.2, 0) is 7.05 Å². The summed E-state index contributed by atoms with van der Waals surface area (Å²) < 4.78 is 13.6. The summed E-state index contributed by atoms with van der Waals surface area (Å²) in [5, 5.41) is 0. The summed E-state index contributed by atoms with van der Waals surface area (Å²) in [6.45, 7) is 16.3. The zero-order valence-electron chi connectivity index (χ0n) is 20.4. The molecule has 0 amide bonds. The molecule has 1 fully saturated rings. The van der Waals surface area contributed by atoms with E-state index in [1.807, 2.05) is 26.0 Å². The summed E-state index contributed by atoms with van der Waals surface area (Å²) in [4.78, 5) is 27.4. The summed E-state index contributed by atoms with van der Waals surface area (Å²) in [6.07, 6.45) is 3.50. The van der Waals surface area contributed by atoms with Crippen LogP contribution in [0.4, 0.5) is 11.5 Å². The molecule has 3 atom stereocenters. The van der Waals surface area contributed by atoms with Crippen LogP contribution in [0.2, 0.25) is 0 Å². The second-order valence-electron chi connectivity index (χ2n) is 9.14. The van der Waals surface area contributed by atoms with Crippen LogP contribution in [0.5, 0.6) is 11.6 Å². The van der Waals surface area contributed by atoms with Crippen LogP contribution in [0.3, 0.4) is 0 Å². The van der Waals surface area contributed by atoms with Crippen molar-refractivity contribution >= 4 is 22.5 Å². The summed E-state index contributed by atoms with van der Waals surface area (Å²) in [5.74, 6) is 1.87. The third-order valence-electron chi connectivity index (χ3n) is 6.42. The van der Waals surface area contributed by atoms with Crippen LogP contribution in [0.1, 0.15) is 40.5 Å². The van der Waals surface area contributed by atoms with Crippen LogP contribution < -0.4 is 19.9 Å². The fraction of sp³-hybridized carbons (Fsp3) is 0.462. The molecule has 0 aliphatic carbocycles. The Labute approximate surface area is 200 Å². The van der Waals surface area contributed by atoms with Crippen molar-refractivity contribution in [2.45, 2.75) is 58.8 Å². The fourth-order valence-electron chi connectivity index (χ4n) is 4.59. The molecule has 4 rings (SSSR count). The lowest BCUT2D eigenvalue weighted by molar-refractivity contribution is 0.0911. The molecule has 3 aromatic heterocycles. The van der Waals surface area contributed by atoms with Gasteiger partial charge >= 0.3 is 0 Å². The Balaban J connectivity index is 1.61. The molecule has 1 aliphatic heterocycles. The molecule has 1 aliphatic rings. The van der Waals surface area contributed by atoms with Gasteiger partial charge in [0, 0.05) is 44.1 Å². The Kier molecular flexibility index (Phi) is 6.73. The maximum absolute atomic E-state index is 12.7. The first-order valence-corrected chi connectivity index (χ1v) is 11.7. The minimum atomic E-state index is -0.0913. The van der Waals surface area contributed by atoms with Gasteiger partial charge in [-0.3, -0.25) is 4.79 Å². The normalized spacial score (nSPS) is 20.4. The lowest BCUT2D eigenvalue weighted by atomic mass is 9.88. The summed E-state index contributed by atoms with van der Waals surface area (Å²) in [6, 6.07) is 8.95. The molecule has 34 heavy (non-hydrogen) atoms. The highest BCUT2D eigenvalue weighted by Gasteiger charge is 2.36. The number of pyridine rings is 3. The van der Waals surface area contributed by atoms with Crippen molar-refractivity contribution in [3.8, 4) is 11.6 Å². The van der Waals surface area contributed by atoms with E-state index in [0.717, 1.165) is 36.3 Å². The molecule has 1 saturated heterocycles. The van der Waals surface area contributed by atoms with Gasteiger partial charge in [0.1, 0.15) is 11.9 Å². The van der Waals surface area contributed by atoms with Crippen LogP contribution in [0.25, 0.3) is 15.9 Å². The third-order valence-corrected chi connectivity index (χ3v) is 6.42. The number of hydrogen-bond acceptors (Lipinski definition) is 6. The first-order valence-electron chi connectivity index (χ1n) is 11.7. The molecule has 0 saturated carbocycles. The van der Waals surface area contributed by atoms with E-state index in [4.69, 9.17) is 16.0 Å². The molecule has 4 heterocycles. The molecule has 8 nitrogen and oxygen atoms in total. The number of fused-ring (bicyclic) bond motifs is 1. The Morgan fingerprint density at radius 3 is 2.71 bits per heavy atom. The average Bonchev–Trinajstić information content (AvgIpc) is 2.82. The fourth-order valence-corrected chi connectivity index (χ4v) is 4.59. The second kappa shape index (κ2) is 9.72. The zero-order chi connectivity index (χ0) is 24.4. The van der Waals surface area contributed by atoms with Crippen molar-refractivity contribution in [3.63, 3.8) is 0 Å². The van der Waals surface area contributed by atoms with E-state index < -0.39 is 0 Å². The van der Waals surface area contributed by atoms with E-state index in [2.05, 4.69) is 33.6 Å². The number of nitrogens with zero attached hydrogens (tertiary/aromatic N) is 5. The number of aromatic nitrogens is 3. The molecule has 8 heteroatoms. The molecule has 0 radical (unpaired) electrons. The molecule has 0 aromatic carbocycles. The van der Waals surface area contributed by atoms with Crippen LogP contribution in [0.15, 0.2) is 41.3 Å². The van der Waals surface area contributed by atoms with E-state index in [9.17, 15) is 4.79 Å². The topological polar surface area (TPSA) is 73.8 Å². The quantitative estimate of drug-likeness (QED) is 0.494. The molecule has 0 bridgehead atoms. The number of rotatable bonds is 6. The van der Waals surface area contributed by atoms with Gasteiger partial charge in [0.25, 0.3) is 11.4 Å². The largest absolute Gasteiger partial charge is 0.489 e. The van der Waals surface area contributed by atoms with Gasteiger partial charge in [0.05, 0.1) is 23.5 Å². The lowest BCUT2D eigenvalue weighted by Crippen LogP contribution is -2.50. The van der Waals surface area contributed by atoms with Crippen LogP contribution >= 0.6 is 0 Å². The third kappa shape index (κ3) is 4.69. The van der Waals surface area contributed by atoms with Crippen molar-refractivity contribution in [2.75, 3.05) is 11.4 Å². The molecular weight excluding hydrogens is 430 g/mol. The minimum absolute atomic E-state index is 0.00480. The van der Waals surface area contributed by atoms with Gasteiger partial charge in [-0.25, -0.2) is 4.98 Å². The molecule has 3 aromatic rings. The van der Waals surface area contributed by atoms with Crippen molar-refractivity contribution in [1.82, 2.24) is 14.5 Å². The number of hydrogen-bond donors (Lipinski definition) is 0. The summed E-state index contributed by atoms with van der Waals surface area (Å²) >= 11 is 0. The van der Waals surface area contributed by atoms with E-state index >= 15 is 0 Å². The number of piperidine rings is 1. The summed E-state index contributed by atoms with van der Waals surface area (Å²) in [7, 11) is 1.73. The molecule has 0 unspecified atom stereocenters. The second-order valence-corrected chi connectivity index (χ2v) is 9.14. The summed E-state index contributed by atoms with van der Waals surface area (Å²) in [5.41, 5.74) is 2.09. The molecule has 0 N–H and O–H groups in total. The van der Waals surface area contributed by atoms with Crippen LogP contribution in [0, 0.1) is 12.5 Å². The van der Waals surface area contributed by atoms with Crippen molar-refractivity contribution < 1.29 is 9.47 Å². The molecule has 178 valence electrons. The van der Waals surface area contributed by atoms with Gasteiger partial charge in [0.15, 0.2) is 0 Å². The SMILES string of the molecule is [C-]#[N+]c1ccc2c(n1)c(N1C[C@@H](CC)[C@H](Oc3ccc(OC(C)C)cn3)C[C@H]1C)cc(=O)n2C. The highest BCUT2D eigenvalue weighted by Crippen LogP contribution is 2.35. The Bertz CT molecular complexity index is 1260. The van der Waals surface area contributed by atoms with Crippen molar-refractivity contribution in [1.29, 1.82) is 0 Å². The van der Waals surface area contributed by atoms with Gasteiger partial charge < -0.3 is 23.8 Å². The minimum Gasteiger partial charge on any atom is -0.489 e. The highest BCUT2D eigenvalue weighted by molar-refractivity contribution is 5.89. The first kappa shape index (κ1) is 23.6. The zero-order valence-corrected chi connectivity index (χ0v) is 20.4. The van der Waals surface area contributed by atoms with E-state index in [-0.39, 0.29) is 29.7 Å². The Morgan fingerprint density at radius 1 is 1.26 bits per heavy atom. The van der Waals surface area contributed by atoms with E-state index in [1.165, 1.54) is 0 Å². The maximum atomic E-state index is 12.7. The Morgan fingerprint density at radius 2 is 2.06 bits per heavy atom. The Hall–Kier alpha value is -3.60. The molecule has 0 spiro atoms. The van der Waals surface area contributed by atoms with Crippen molar-refractivity contribution in [2.24, 2.45) is 13.0 Å². The monoisotopic (exact) mass is 461 g/mol. The van der Waals surface area contributed by atoms with Gasteiger partial charge in [-0.15, -0.1) is 4.98 Å². The highest BCUT2D eigenvalue weighted by atomic mass is 16.5. The predicted molar refractivity (Wildman–Crippen MR) is 133 cm³/mol. The van der Waals surface area contributed by atoms with E-state index in [0.29, 0.717) is 17.2 Å². The standard InChI is InChI=1S/C26H31N5O3/c1-7-18-15-31(21-13-25(32)30(6)20-9-10-23(27-5)29-26(20)21)17(4)12-22(18)34-24-11-8-19(14-28-24)33-16(2)3/h8-11,13-14,16-18,22H,7,12,15H2,1-4,6H3/t17-,18-,22-/m1/s1. The average molecular weight is 462 g/mol. The smallest absolute Gasteiger partial charge is 0.270 e. The molecular formula is C26H31N5O3. The van der Waals surface area contributed by atoms with Gasteiger partial charge in [0.2, 0.25) is 11.4 Å². The van der Waals surface area contributed by atoms with Gasteiger partial charge in [-0.05, 0) is 45.4 Å². The predicted octanol–water partition coefficient (Wildman–Crippen LogP) is 4.74. The number of anilines is 1. The van der Waals surface area contributed by atoms with Gasteiger partial charge in [-0.1, -0.05) is 13.5 Å². The van der Waals surface area contributed by atoms with Gasteiger partial charge in [-0.2, -0.15) is 0 Å². The van der Waals surface area contributed by atoms with E-state index in [1.54, 1.807) is 36.0 Å². The maximum Gasteiger partial charge on any atom is 0.270 e. The van der Waals surface area contributed by atoms with Crippen molar-refractivity contribution in [3.05, 3.63) is 58.3 Å². The van der Waals surface area contributed by atoms with Crippen LogP contribution in [-0.4, -0.2) is 39.3 Å². The number of ether oxygens (including phenoxy) is 2. The lowest BCUT2D eigenvalue weighted by Gasteiger charge is -2.43. The number of aryl methyl sites for hydroxylation is 1. The first-order chi connectivity index (χ1) is 16.3.